The van der Waals surface area contributed by atoms with E-state index < -0.39 is 0 Å². The van der Waals surface area contributed by atoms with E-state index in [2.05, 4.69) is 24.3 Å². The minimum absolute atomic E-state index is 0.00391. The molecule has 1 saturated heterocycles. The van der Waals surface area contributed by atoms with Crippen LogP contribution in [0, 0.1) is 0 Å². The van der Waals surface area contributed by atoms with E-state index in [4.69, 9.17) is 4.74 Å². The van der Waals surface area contributed by atoms with Gasteiger partial charge in [0.15, 0.2) is 0 Å². The average Bonchev–Trinajstić information content (AvgIpc) is 2.30. The molecule has 0 spiro atoms. The molecule has 0 N–H and O–H groups in total. The second kappa shape index (κ2) is 4.97. The van der Waals surface area contributed by atoms with Crippen molar-refractivity contribution in [2.45, 2.75) is 32.3 Å². The molecule has 0 radical (unpaired) electrons. The molecule has 1 aliphatic rings. The number of benzene rings is 1. The molecule has 0 saturated carbocycles. The lowest BCUT2D eigenvalue weighted by molar-refractivity contribution is -0.154. The zero-order valence-corrected chi connectivity index (χ0v) is 9.48. The van der Waals surface area contributed by atoms with Crippen molar-refractivity contribution in [3.63, 3.8) is 0 Å². The molecule has 0 aromatic heterocycles. The van der Waals surface area contributed by atoms with E-state index in [1.807, 2.05) is 19.1 Å². The molecule has 0 bridgehead atoms. The lowest BCUT2D eigenvalue weighted by atomic mass is 10.0. The summed E-state index contributed by atoms with van der Waals surface area (Å²) in [6.07, 6.45) is 5.11. The third-order valence-corrected chi connectivity index (χ3v) is 2.83. The highest BCUT2D eigenvalue weighted by Crippen LogP contribution is 2.21. The number of rotatable bonds is 4. The summed E-state index contributed by atoms with van der Waals surface area (Å²) in [6, 6.07) is 10.4. The van der Waals surface area contributed by atoms with Gasteiger partial charge in [0.2, 0.25) is 0 Å². The van der Waals surface area contributed by atoms with Gasteiger partial charge in [-0.25, -0.2) is 4.79 Å². The molecule has 2 nitrogen and oxygen atoms in total. The molecule has 1 fully saturated rings. The minimum Gasteiger partial charge on any atom is -0.454 e. The molecule has 2 rings (SSSR count). The van der Waals surface area contributed by atoms with Crippen molar-refractivity contribution in [2.75, 3.05) is 0 Å². The van der Waals surface area contributed by atoms with Crippen molar-refractivity contribution in [1.29, 1.82) is 0 Å². The van der Waals surface area contributed by atoms with Crippen LogP contribution in [0.4, 0.5) is 0 Å². The molecule has 1 aromatic carbocycles. The van der Waals surface area contributed by atoms with Crippen LogP contribution < -0.4 is 0 Å². The fourth-order valence-electron chi connectivity index (χ4n) is 1.86. The molecule has 84 valence electrons. The lowest BCUT2D eigenvalue weighted by Gasteiger charge is -2.25. The second-order valence-electron chi connectivity index (χ2n) is 4.08. The number of cyclic esters (lactones) is 1. The fraction of sp³-hybridized carbons (Fsp3) is 0.357. The van der Waals surface area contributed by atoms with Gasteiger partial charge in [-0.2, -0.15) is 0 Å². The van der Waals surface area contributed by atoms with E-state index >= 15 is 0 Å². The molecule has 1 aromatic rings. The van der Waals surface area contributed by atoms with Gasteiger partial charge in [-0.3, -0.25) is 0 Å². The Hall–Kier alpha value is -1.57. The maximum Gasteiger partial charge on any atom is 0.338 e. The topological polar surface area (TPSA) is 26.3 Å². The third kappa shape index (κ3) is 2.51. The zero-order valence-electron chi connectivity index (χ0n) is 9.48. The van der Waals surface area contributed by atoms with Crippen molar-refractivity contribution < 1.29 is 9.53 Å². The Morgan fingerprint density at radius 2 is 2.06 bits per heavy atom. The van der Waals surface area contributed by atoms with E-state index in [0.29, 0.717) is 0 Å². The smallest absolute Gasteiger partial charge is 0.338 e. The Morgan fingerprint density at radius 1 is 1.31 bits per heavy atom. The predicted octanol–water partition coefficient (Wildman–Crippen LogP) is 2.88. The van der Waals surface area contributed by atoms with Gasteiger partial charge >= 0.3 is 5.97 Å². The van der Waals surface area contributed by atoms with Crippen molar-refractivity contribution in [3.05, 3.63) is 47.5 Å². The van der Waals surface area contributed by atoms with E-state index in [1.54, 1.807) is 0 Å². The highest BCUT2D eigenvalue weighted by Gasteiger charge is 2.30. The average molecular weight is 216 g/mol. The number of aryl methyl sites for hydroxylation is 1. The van der Waals surface area contributed by atoms with Gasteiger partial charge in [0.1, 0.15) is 6.10 Å². The number of allylic oxidation sites excluding steroid dienone is 1. The molecule has 1 heterocycles. The Bertz CT molecular complexity index is 392. The first kappa shape index (κ1) is 10.9. The Balaban J connectivity index is 1.75. The Labute approximate surface area is 95.9 Å². The first-order chi connectivity index (χ1) is 7.77. The zero-order chi connectivity index (χ0) is 11.4. The van der Waals surface area contributed by atoms with Crippen LogP contribution in [-0.2, 0) is 16.0 Å². The summed E-state index contributed by atoms with van der Waals surface area (Å²) in [5.74, 6) is -0.146. The summed E-state index contributed by atoms with van der Waals surface area (Å²) in [7, 11) is 0. The van der Waals surface area contributed by atoms with Crippen molar-refractivity contribution in [2.24, 2.45) is 0 Å². The molecular weight excluding hydrogens is 200 g/mol. The standard InChI is InChI=1S/C14H16O2/c1-11-13(14(15)16-11)10-6-5-9-12-7-3-2-4-8-12/h2-4,7-8,10-11H,5-6,9H2,1H3/b13-10-. The number of hydrogen-bond acceptors (Lipinski definition) is 2. The summed E-state index contributed by atoms with van der Waals surface area (Å²) >= 11 is 0. The Kier molecular flexibility index (Phi) is 3.40. The number of ether oxygens (including phenoxy) is 1. The maximum atomic E-state index is 11.0. The summed E-state index contributed by atoms with van der Waals surface area (Å²) in [5, 5.41) is 0. The van der Waals surface area contributed by atoms with Crippen LogP contribution in [-0.4, -0.2) is 12.1 Å². The molecule has 0 aliphatic carbocycles. The van der Waals surface area contributed by atoms with Crippen molar-refractivity contribution in [1.82, 2.24) is 0 Å². The summed E-state index contributed by atoms with van der Waals surface area (Å²) in [6.45, 7) is 1.91. The first-order valence-corrected chi connectivity index (χ1v) is 5.72. The quantitative estimate of drug-likeness (QED) is 0.439. The molecule has 2 heteroatoms. The largest absolute Gasteiger partial charge is 0.454 e. The van der Waals surface area contributed by atoms with Crippen LogP contribution in [0.3, 0.4) is 0 Å². The number of esters is 1. The summed E-state index contributed by atoms with van der Waals surface area (Å²) in [4.78, 5) is 11.0. The second-order valence-corrected chi connectivity index (χ2v) is 4.08. The molecule has 16 heavy (non-hydrogen) atoms. The fourth-order valence-corrected chi connectivity index (χ4v) is 1.86. The monoisotopic (exact) mass is 216 g/mol. The molecule has 1 aliphatic heterocycles. The van der Waals surface area contributed by atoms with Crippen LogP contribution in [0.15, 0.2) is 42.0 Å². The van der Waals surface area contributed by atoms with Crippen LogP contribution in [0.25, 0.3) is 0 Å². The number of carbonyl (C=O) groups excluding carboxylic acids is 1. The van der Waals surface area contributed by atoms with E-state index in [1.165, 1.54) is 5.56 Å². The first-order valence-electron chi connectivity index (χ1n) is 5.72. The van der Waals surface area contributed by atoms with E-state index in [9.17, 15) is 4.79 Å². The summed E-state index contributed by atoms with van der Waals surface area (Å²) < 4.78 is 4.86. The molecule has 1 atom stereocenters. The predicted molar refractivity (Wildman–Crippen MR) is 63.0 cm³/mol. The van der Waals surface area contributed by atoms with Gasteiger partial charge in [-0.1, -0.05) is 36.4 Å². The maximum absolute atomic E-state index is 11.0. The van der Waals surface area contributed by atoms with Gasteiger partial charge in [-0.05, 0) is 31.7 Å². The number of unbranched alkanes of at least 4 members (excludes halogenated alkanes) is 1. The van der Waals surface area contributed by atoms with Crippen molar-refractivity contribution >= 4 is 5.97 Å². The van der Waals surface area contributed by atoms with E-state index in [0.717, 1.165) is 24.8 Å². The van der Waals surface area contributed by atoms with Crippen molar-refractivity contribution in [3.8, 4) is 0 Å². The van der Waals surface area contributed by atoms with Crippen LogP contribution >= 0.6 is 0 Å². The normalized spacial score (nSPS) is 21.7. The number of carbonyl (C=O) groups is 1. The molecule has 0 amide bonds. The van der Waals surface area contributed by atoms with Gasteiger partial charge in [-0.15, -0.1) is 0 Å². The van der Waals surface area contributed by atoms with Gasteiger partial charge in [0.25, 0.3) is 0 Å². The minimum atomic E-state index is -0.146. The van der Waals surface area contributed by atoms with Gasteiger partial charge in [0.05, 0.1) is 5.57 Å². The van der Waals surface area contributed by atoms with Gasteiger partial charge in [0, 0.05) is 0 Å². The lowest BCUT2D eigenvalue weighted by Crippen LogP contribution is -2.33. The molecular formula is C14H16O2. The number of hydrogen-bond donors (Lipinski definition) is 0. The third-order valence-electron chi connectivity index (χ3n) is 2.83. The highest BCUT2D eigenvalue weighted by molar-refractivity contribution is 5.95. The van der Waals surface area contributed by atoms with Crippen LogP contribution in [0.5, 0.6) is 0 Å². The van der Waals surface area contributed by atoms with Crippen LogP contribution in [0.1, 0.15) is 25.3 Å². The highest BCUT2D eigenvalue weighted by atomic mass is 16.6. The SMILES string of the molecule is CC1OC(=O)/C1=C\CCCc1ccccc1. The molecule has 1 unspecified atom stereocenters. The van der Waals surface area contributed by atoms with E-state index in [-0.39, 0.29) is 12.1 Å². The Morgan fingerprint density at radius 3 is 2.69 bits per heavy atom. The van der Waals surface area contributed by atoms with Gasteiger partial charge < -0.3 is 4.74 Å². The summed E-state index contributed by atoms with van der Waals surface area (Å²) in [5.41, 5.74) is 2.19. The van der Waals surface area contributed by atoms with Crippen LogP contribution in [0.2, 0.25) is 0 Å².